The number of imide groups is 1. The van der Waals surface area contributed by atoms with Gasteiger partial charge < -0.3 is 15.4 Å². The molecular weight excluding hydrogens is 492 g/mol. The second-order valence-corrected chi connectivity index (χ2v) is 9.37. The van der Waals surface area contributed by atoms with E-state index >= 15 is 0 Å². The number of hydrogen-bond donors (Lipinski definition) is 3. The van der Waals surface area contributed by atoms with Crippen molar-refractivity contribution in [3.05, 3.63) is 65.5 Å². The number of Topliss-reactive ketones (excluding diaryl/α,β-unsaturated/α-hetero) is 1. The maximum absolute atomic E-state index is 13.2. The molecule has 1 aromatic carbocycles. The van der Waals surface area contributed by atoms with Gasteiger partial charge in [0.15, 0.2) is 5.78 Å². The molecule has 11 nitrogen and oxygen atoms in total. The largest absolute Gasteiger partial charge is 0.465 e. The van der Waals surface area contributed by atoms with Gasteiger partial charge in [-0.25, -0.2) is 4.79 Å². The van der Waals surface area contributed by atoms with E-state index in [1.54, 1.807) is 38.1 Å². The standard InChI is InChI=1S/C27H30N4O7/c1-14(2)22(23(33)21-15(3)24(34)31-26(21)36)30-20(32)13-19(29-25(35)18-7-5-6-12-28-18)16-8-10-17(11-9-16)27(37)38-4/h5-12,14-15,19,21-22H,13H2,1-4H3,(H,29,35)(H,30,32)(H,31,34,36)/t15-,19?,21-,22-/m1/s1. The summed E-state index contributed by atoms with van der Waals surface area (Å²) in [5.74, 6) is -5.79. The van der Waals surface area contributed by atoms with E-state index in [0.29, 0.717) is 11.1 Å². The van der Waals surface area contributed by atoms with Crippen molar-refractivity contribution in [2.45, 2.75) is 39.3 Å². The maximum Gasteiger partial charge on any atom is 0.337 e. The number of carbonyl (C=O) groups is 6. The zero-order chi connectivity index (χ0) is 28.0. The Labute approximate surface area is 219 Å². The Morgan fingerprint density at radius 3 is 2.21 bits per heavy atom. The molecule has 4 amide bonds. The van der Waals surface area contributed by atoms with Gasteiger partial charge in [-0.1, -0.05) is 39.0 Å². The highest BCUT2D eigenvalue weighted by atomic mass is 16.5. The van der Waals surface area contributed by atoms with Crippen molar-refractivity contribution < 1.29 is 33.5 Å². The molecule has 3 rings (SSSR count). The maximum atomic E-state index is 13.2. The minimum Gasteiger partial charge on any atom is -0.465 e. The smallest absolute Gasteiger partial charge is 0.337 e. The van der Waals surface area contributed by atoms with Crippen molar-refractivity contribution in [2.24, 2.45) is 17.8 Å². The molecule has 0 spiro atoms. The lowest BCUT2D eigenvalue weighted by Gasteiger charge is -2.26. The van der Waals surface area contributed by atoms with E-state index in [-0.39, 0.29) is 18.0 Å². The summed E-state index contributed by atoms with van der Waals surface area (Å²) < 4.78 is 4.71. The van der Waals surface area contributed by atoms with Crippen molar-refractivity contribution >= 4 is 35.4 Å². The number of ether oxygens (including phenoxy) is 1. The molecule has 11 heteroatoms. The minimum atomic E-state index is -1.19. The molecule has 1 aliphatic heterocycles. The summed E-state index contributed by atoms with van der Waals surface area (Å²) in [6.07, 6.45) is 1.21. The predicted octanol–water partition coefficient (Wildman–Crippen LogP) is 1.35. The third-order valence-electron chi connectivity index (χ3n) is 6.37. The van der Waals surface area contributed by atoms with Gasteiger partial charge >= 0.3 is 5.97 Å². The minimum absolute atomic E-state index is 0.144. The second kappa shape index (κ2) is 12.2. The van der Waals surface area contributed by atoms with Crippen molar-refractivity contribution in [1.82, 2.24) is 20.9 Å². The van der Waals surface area contributed by atoms with Crippen molar-refractivity contribution in [3.63, 3.8) is 0 Å². The van der Waals surface area contributed by atoms with E-state index in [1.807, 2.05) is 0 Å². The van der Waals surface area contributed by atoms with Crippen molar-refractivity contribution in [1.29, 1.82) is 0 Å². The van der Waals surface area contributed by atoms with Crippen molar-refractivity contribution in [2.75, 3.05) is 7.11 Å². The number of methoxy groups -OCH3 is 1. The molecule has 200 valence electrons. The van der Waals surface area contributed by atoms with E-state index in [4.69, 9.17) is 4.74 Å². The fourth-order valence-electron chi connectivity index (χ4n) is 4.20. The van der Waals surface area contributed by atoms with Crippen LogP contribution in [0.4, 0.5) is 0 Å². The Bertz CT molecular complexity index is 1230. The van der Waals surface area contributed by atoms with Gasteiger partial charge in [-0.05, 0) is 35.7 Å². The van der Waals surface area contributed by atoms with Crippen LogP contribution in [0.3, 0.4) is 0 Å². The molecule has 1 unspecified atom stereocenters. The Balaban J connectivity index is 1.82. The first-order valence-corrected chi connectivity index (χ1v) is 12.1. The van der Waals surface area contributed by atoms with E-state index in [1.165, 1.54) is 38.4 Å². The zero-order valence-electron chi connectivity index (χ0n) is 21.5. The molecule has 2 heterocycles. The molecule has 1 saturated heterocycles. The number of esters is 1. The van der Waals surface area contributed by atoms with Crippen molar-refractivity contribution in [3.8, 4) is 0 Å². The van der Waals surface area contributed by atoms with Crippen LogP contribution in [0.1, 0.15) is 59.6 Å². The van der Waals surface area contributed by atoms with E-state index < -0.39 is 59.3 Å². The lowest BCUT2D eigenvalue weighted by molar-refractivity contribution is -0.137. The van der Waals surface area contributed by atoms with Gasteiger partial charge in [0.2, 0.25) is 17.7 Å². The van der Waals surface area contributed by atoms with Gasteiger partial charge in [-0.2, -0.15) is 0 Å². The number of hydrogen-bond acceptors (Lipinski definition) is 8. The molecule has 38 heavy (non-hydrogen) atoms. The number of rotatable bonds is 10. The number of benzene rings is 1. The normalized spacial score (nSPS) is 18.3. The van der Waals surface area contributed by atoms with Gasteiger partial charge in [0.25, 0.3) is 5.91 Å². The lowest BCUT2D eigenvalue weighted by Crippen LogP contribution is -2.49. The molecular formula is C27H30N4O7. The van der Waals surface area contributed by atoms with Crippen LogP contribution >= 0.6 is 0 Å². The Morgan fingerprint density at radius 2 is 1.68 bits per heavy atom. The molecule has 2 aromatic rings. The Morgan fingerprint density at radius 1 is 1.00 bits per heavy atom. The SMILES string of the molecule is COC(=O)c1ccc(C(CC(=O)N[C@@H](C(=O)[C@@H]2C(=O)NC(=O)[C@@H]2C)C(C)C)NC(=O)c2ccccn2)cc1. The summed E-state index contributed by atoms with van der Waals surface area (Å²) in [5.41, 5.74) is 0.962. The molecule has 1 fully saturated rings. The third kappa shape index (κ3) is 6.47. The van der Waals surface area contributed by atoms with Crippen LogP contribution in [0.2, 0.25) is 0 Å². The number of carbonyl (C=O) groups excluding carboxylic acids is 6. The second-order valence-electron chi connectivity index (χ2n) is 9.37. The summed E-state index contributed by atoms with van der Waals surface area (Å²) in [5, 5.41) is 7.61. The first-order valence-electron chi connectivity index (χ1n) is 12.1. The quantitative estimate of drug-likeness (QED) is 0.239. The van der Waals surface area contributed by atoms with Crippen LogP contribution in [-0.4, -0.2) is 53.5 Å². The number of nitrogens with zero attached hydrogens (tertiary/aromatic N) is 1. The molecule has 0 saturated carbocycles. The Hall–Kier alpha value is -4.41. The van der Waals surface area contributed by atoms with Crippen LogP contribution < -0.4 is 16.0 Å². The van der Waals surface area contributed by atoms with E-state index in [2.05, 4.69) is 20.9 Å². The van der Waals surface area contributed by atoms with Crippen LogP contribution in [0.5, 0.6) is 0 Å². The lowest BCUT2D eigenvalue weighted by atomic mass is 9.85. The molecule has 0 radical (unpaired) electrons. The molecule has 1 aliphatic rings. The molecule has 3 N–H and O–H groups in total. The number of pyridine rings is 1. The van der Waals surface area contributed by atoms with Gasteiger partial charge in [0.05, 0.1) is 37.1 Å². The summed E-state index contributed by atoms with van der Waals surface area (Å²) in [4.78, 5) is 79.1. The van der Waals surface area contributed by atoms with Crippen LogP contribution in [-0.2, 0) is 23.9 Å². The predicted molar refractivity (Wildman–Crippen MR) is 134 cm³/mol. The molecule has 0 bridgehead atoms. The topological polar surface area (TPSA) is 161 Å². The molecule has 4 atom stereocenters. The average Bonchev–Trinajstić information content (AvgIpc) is 3.16. The molecule has 1 aromatic heterocycles. The van der Waals surface area contributed by atoms with E-state index in [9.17, 15) is 28.8 Å². The average molecular weight is 523 g/mol. The van der Waals surface area contributed by atoms with E-state index in [0.717, 1.165) is 0 Å². The highest BCUT2D eigenvalue weighted by Gasteiger charge is 2.46. The number of nitrogens with one attached hydrogen (secondary N) is 3. The fourth-order valence-corrected chi connectivity index (χ4v) is 4.20. The molecule has 0 aliphatic carbocycles. The fraction of sp³-hybridized carbons (Fsp3) is 0.370. The highest BCUT2D eigenvalue weighted by Crippen LogP contribution is 2.24. The zero-order valence-corrected chi connectivity index (χ0v) is 21.5. The first-order chi connectivity index (χ1) is 18.0. The van der Waals surface area contributed by atoms with Gasteiger partial charge in [0.1, 0.15) is 11.6 Å². The summed E-state index contributed by atoms with van der Waals surface area (Å²) in [6, 6.07) is 9.17. The van der Waals surface area contributed by atoms with Gasteiger partial charge in [-0.15, -0.1) is 0 Å². The van der Waals surface area contributed by atoms with Gasteiger partial charge in [0, 0.05) is 6.20 Å². The van der Waals surface area contributed by atoms with Crippen LogP contribution in [0.25, 0.3) is 0 Å². The van der Waals surface area contributed by atoms with Crippen LogP contribution in [0.15, 0.2) is 48.7 Å². The first kappa shape index (κ1) is 28.2. The Kier molecular flexibility index (Phi) is 9.06. The third-order valence-corrected chi connectivity index (χ3v) is 6.37. The summed E-state index contributed by atoms with van der Waals surface area (Å²) in [6.45, 7) is 4.92. The highest BCUT2D eigenvalue weighted by molar-refractivity contribution is 6.16. The summed E-state index contributed by atoms with van der Waals surface area (Å²) >= 11 is 0. The monoisotopic (exact) mass is 522 g/mol. The summed E-state index contributed by atoms with van der Waals surface area (Å²) in [7, 11) is 1.26. The number of amides is 4. The van der Waals surface area contributed by atoms with Gasteiger partial charge in [-0.3, -0.25) is 34.3 Å². The number of ketones is 1. The van der Waals surface area contributed by atoms with Crippen LogP contribution in [0, 0.1) is 17.8 Å². The number of aromatic nitrogens is 1.